The SMILES string of the molecule is Cc1cccnc1-n1c(SCc2cn3ccccc3c2C#N)nc2ccccc2c1=O. The van der Waals surface area contributed by atoms with E-state index < -0.39 is 0 Å². The van der Waals surface area contributed by atoms with E-state index in [1.165, 1.54) is 11.8 Å². The molecule has 150 valence electrons. The maximum absolute atomic E-state index is 13.4. The first-order valence-electron chi connectivity index (χ1n) is 9.72. The van der Waals surface area contributed by atoms with Crippen LogP contribution in [0.25, 0.3) is 22.2 Å². The standard InChI is InChI=1S/C24H17N5OS/c1-16-7-6-11-26-22(16)29-23(30)18-8-2-3-9-20(18)27-24(29)31-15-17-14-28-12-5-4-10-21(28)19(17)13-25/h2-12,14H,15H2,1H3. The fraction of sp³-hybridized carbons (Fsp3) is 0.0833. The lowest BCUT2D eigenvalue weighted by atomic mass is 10.2. The number of thioether (sulfide) groups is 1. The molecule has 7 heteroatoms. The van der Waals surface area contributed by atoms with E-state index in [4.69, 9.17) is 4.98 Å². The number of rotatable bonds is 4. The first kappa shape index (κ1) is 19.1. The fourth-order valence-electron chi connectivity index (χ4n) is 3.67. The number of aryl methyl sites for hydroxylation is 1. The van der Waals surface area contributed by atoms with E-state index in [9.17, 15) is 10.1 Å². The van der Waals surface area contributed by atoms with Gasteiger partial charge in [0.05, 0.1) is 22.0 Å². The first-order valence-corrected chi connectivity index (χ1v) is 10.7. The van der Waals surface area contributed by atoms with Crippen LogP contribution in [-0.4, -0.2) is 18.9 Å². The Bertz CT molecular complexity index is 1540. The Morgan fingerprint density at radius 2 is 1.94 bits per heavy atom. The first-order chi connectivity index (χ1) is 15.2. The van der Waals surface area contributed by atoms with Gasteiger partial charge in [-0.2, -0.15) is 5.26 Å². The third-order valence-electron chi connectivity index (χ3n) is 5.17. The zero-order valence-corrected chi connectivity index (χ0v) is 17.5. The smallest absolute Gasteiger partial charge is 0.267 e. The van der Waals surface area contributed by atoms with Crippen LogP contribution < -0.4 is 5.56 Å². The number of hydrogen-bond donors (Lipinski definition) is 0. The molecule has 0 N–H and O–H groups in total. The molecular weight excluding hydrogens is 406 g/mol. The van der Waals surface area contributed by atoms with Crippen molar-refractivity contribution in [3.05, 3.63) is 100 Å². The van der Waals surface area contributed by atoms with Crippen molar-refractivity contribution >= 4 is 28.2 Å². The number of benzene rings is 1. The summed E-state index contributed by atoms with van der Waals surface area (Å²) in [5.41, 5.74) is 3.77. The van der Waals surface area contributed by atoms with Crippen LogP contribution in [0.5, 0.6) is 0 Å². The Morgan fingerprint density at radius 1 is 1.10 bits per heavy atom. The van der Waals surface area contributed by atoms with Crippen LogP contribution in [0.4, 0.5) is 0 Å². The van der Waals surface area contributed by atoms with Gasteiger partial charge in [0.15, 0.2) is 5.16 Å². The van der Waals surface area contributed by atoms with E-state index in [1.54, 1.807) is 16.8 Å². The summed E-state index contributed by atoms with van der Waals surface area (Å²) in [6.07, 6.45) is 5.55. The Balaban J connectivity index is 1.65. The Kier molecular flexibility index (Phi) is 4.77. The molecule has 0 amide bonds. The van der Waals surface area contributed by atoms with E-state index in [0.717, 1.165) is 16.6 Å². The lowest BCUT2D eigenvalue weighted by Gasteiger charge is -2.14. The predicted octanol–water partition coefficient (Wildman–Crippen LogP) is 4.51. The zero-order chi connectivity index (χ0) is 21.4. The molecule has 0 fully saturated rings. The third-order valence-corrected chi connectivity index (χ3v) is 6.16. The Labute approximate surface area is 182 Å². The molecule has 0 aliphatic carbocycles. The highest BCUT2D eigenvalue weighted by Gasteiger charge is 2.17. The molecule has 0 aliphatic heterocycles. The number of aromatic nitrogens is 4. The normalized spacial score (nSPS) is 11.1. The van der Waals surface area contributed by atoms with E-state index >= 15 is 0 Å². The summed E-state index contributed by atoms with van der Waals surface area (Å²) in [6.45, 7) is 1.92. The predicted molar refractivity (Wildman–Crippen MR) is 122 cm³/mol. The van der Waals surface area contributed by atoms with Crippen molar-refractivity contribution in [2.75, 3.05) is 0 Å². The summed E-state index contributed by atoms with van der Waals surface area (Å²) in [5, 5.41) is 10.8. The van der Waals surface area contributed by atoms with Crippen LogP contribution >= 0.6 is 11.8 Å². The van der Waals surface area contributed by atoms with Crippen LogP contribution in [-0.2, 0) is 5.75 Å². The zero-order valence-electron chi connectivity index (χ0n) is 16.7. The average Bonchev–Trinajstić information content (AvgIpc) is 3.16. The third kappa shape index (κ3) is 3.27. The molecule has 0 saturated heterocycles. The van der Waals surface area contributed by atoms with Crippen LogP contribution in [0.15, 0.2) is 83.1 Å². The molecular formula is C24H17N5OS. The van der Waals surface area contributed by atoms with Crippen LogP contribution in [0.3, 0.4) is 0 Å². The Morgan fingerprint density at radius 3 is 2.77 bits per heavy atom. The minimum Gasteiger partial charge on any atom is -0.322 e. The molecule has 5 aromatic rings. The van der Waals surface area contributed by atoms with E-state index in [0.29, 0.717) is 33.2 Å². The Hall–Kier alpha value is -3.89. The molecule has 0 saturated carbocycles. The molecule has 0 unspecified atom stereocenters. The van der Waals surface area contributed by atoms with Crippen LogP contribution in [0, 0.1) is 18.3 Å². The molecule has 5 rings (SSSR count). The number of hydrogen-bond acceptors (Lipinski definition) is 5. The maximum Gasteiger partial charge on any atom is 0.267 e. The van der Waals surface area contributed by atoms with Crippen LogP contribution in [0.2, 0.25) is 0 Å². The highest BCUT2D eigenvalue weighted by atomic mass is 32.2. The summed E-state index contributed by atoms with van der Waals surface area (Å²) in [7, 11) is 0. The van der Waals surface area contributed by atoms with Gasteiger partial charge in [0, 0.05) is 24.3 Å². The fourth-order valence-corrected chi connectivity index (χ4v) is 4.63. The number of para-hydroxylation sites is 1. The molecule has 6 nitrogen and oxygen atoms in total. The average molecular weight is 424 g/mol. The van der Waals surface area contributed by atoms with Gasteiger partial charge in [-0.25, -0.2) is 14.5 Å². The highest BCUT2D eigenvalue weighted by molar-refractivity contribution is 7.98. The van der Waals surface area contributed by atoms with E-state index in [2.05, 4.69) is 11.1 Å². The summed E-state index contributed by atoms with van der Waals surface area (Å²) in [5.74, 6) is 1.07. The van der Waals surface area contributed by atoms with Gasteiger partial charge in [0.25, 0.3) is 5.56 Å². The van der Waals surface area contributed by atoms with Gasteiger partial charge in [-0.05, 0) is 48.4 Å². The van der Waals surface area contributed by atoms with Crippen molar-refractivity contribution < 1.29 is 0 Å². The van der Waals surface area contributed by atoms with Gasteiger partial charge in [-0.15, -0.1) is 0 Å². The van der Waals surface area contributed by atoms with E-state index in [-0.39, 0.29) is 5.56 Å². The maximum atomic E-state index is 13.4. The number of pyridine rings is 2. The molecule has 0 radical (unpaired) electrons. The second kappa shape index (κ2) is 7.74. The largest absolute Gasteiger partial charge is 0.322 e. The number of nitriles is 1. The minimum absolute atomic E-state index is 0.155. The molecule has 31 heavy (non-hydrogen) atoms. The van der Waals surface area contributed by atoms with Gasteiger partial charge in [-0.1, -0.05) is 36.0 Å². The molecule has 4 aromatic heterocycles. The summed E-state index contributed by atoms with van der Waals surface area (Å²) >= 11 is 1.42. The number of nitrogens with zero attached hydrogens (tertiary/aromatic N) is 5. The molecule has 0 atom stereocenters. The van der Waals surface area contributed by atoms with E-state index in [1.807, 2.05) is 72.2 Å². The molecule has 0 bridgehead atoms. The van der Waals surface area contributed by atoms with Gasteiger partial charge in [-0.3, -0.25) is 4.79 Å². The topological polar surface area (TPSA) is 76.0 Å². The molecule has 4 heterocycles. The van der Waals surface area contributed by atoms with Crippen molar-refractivity contribution in [2.24, 2.45) is 0 Å². The van der Waals surface area contributed by atoms with Crippen molar-refractivity contribution in [1.82, 2.24) is 18.9 Å². The quantitative estimate of drug-likeness (QED) is 0.314. The lowest BCUT2D eigenvalue weighted by molar-refractivity contribution is 0.789. The van der Waals surface area contributed by atoms with Crippen molar-refractivity contribution in [3.63, 3.8) is 0 Å². The van der Waals surface area contributed by atoms with Crippen molar-refractivity contribution in [1.29, 1.82) is 5.26 Å². The van der Waals surface area contributed by atoms with Crippen LogP contribution in [0.1, 0.15) is 16.7 Å². The number of fused-ring (bicyclic) bond motifs is 2. The highest BCUT2D eigenvalue weighted by Crippen LogP contribution is 2.28. The van der Waals surface area contributed by atoms with Gasteiger partial charge in [0.2, 0.25) is 0 Å². The summed E-state index contributed by atoms with van der Waals surface area (Å²) in [6, 6.07) is 19.2. The van der Waals surface area contributed by atoms with Gasteiger partial charge >= 0.3 is 0 Å². The molecule has 0 spiro atoms. The van der Waals surface area contributed by atoms with Crippen molar-refractivity contribution in [2.45, 2.75) is 17.8 Å². The summed E-state index contributed by atoms with van der Waals surface area (Å²) in [4.78, 5) is 22.6. The summed E-state index contributed by atoms with van der Waals surface area (Å²) < 4.78 is 3.52. The van der Waals surface area contributed by atoms with Crippen molar-refractivity contribution in [3.8, 4) is 11.9 Å². The van der Waals surface area contributed by atoms with Gasteiger partial charge < -0.3 is 4.40 Å². The second-order valence-corrected chi connectivity index (χ2v) is 8.06. The second-order valence-electron chi connectivity index (χ2n) is 7.12. The van der Waals surface area contributed by atoms with Gasteiger partial charge in [0.1, 0.15) is 11.9 Å². The lowest BCUT2D eigenvalue weighted by Crippen LogP contribution is -2.23. The monoisotopic (exact) mass is 423 g/mol. The minimum atomic E-state index is -0.155. The molecule has 0 aliphatic rings. The molecule has 1 aromatic carbocycles.